The fourth-order valence-corrected chi connectivity index (χ4v) is 6.60. The molecule has 3 fully saturated rings. The van der Waals surface area contributed by atoms with E-state index in [0.717, 1.165) is 31.2 Å². The van der Waals surface area contributed by atoms with Gasteiger partial charge in [0.2, 0.25) is 5.91 Å². The van der Waals surface area contributed by atoms with Crippen LogP contribution in [0.3, 0.4) is 0 Å². The third kappa shape index (κ3) is 5.83. The van der Waals surface area contributed by atoms with Gasteiger partial charge in [-0.3, -0.25) is 9.59 Å². The van der Waals surface area contributed by atoms with Crippen LogP contribution >= 0.6 is 0 Å². The summed E-state index contributed by atoms with van der Waals surface area (Å²) < 4.78 is 47.8. The summed E-state index contributed by atoms with van der Waals surface area (Å²) in [6.45, 7) is 0.841. The van der Waals surface area contributed by atoms with E-state index in [4.69, 9.17) is 9.72 Å². The van der Waals surface area contributed by atoms with Gasteiger partial charge in [-0.05, 0) is 67.6 Å². The lowest BCUT2D eigenvalue weighted by Crippen LogP contribution is -2.58. The van der Waals surface area contributed by atoms with Gasteiger partial charge in [0, 0.05) is 12.5 Å². The van der Waals surface area contributed by atoms with Crippen LogP contribution in [0.5, 0.6) is 0 Å². The summed E-state index contributed by atoms with van der Waals surface area (Å²) in [6.07, 6.45) is -0.250. The lowest BCUT2D eigenvalue weighted by Gasteiger charge is -2.40. The van der Waals surface area contributed by atoms with Gasteiger partial charge >= 0.3 is 18.2 Å². The number of hydrogen-bond donors (Lipinski definition) is 3. The number of halogens is 3. The molecule has 3 aliphatic rings. The predicted molar refractivity (Wildman–Crippen MR) is 150 cm³/mol. The van der Waals surface area contributed by atoms with E-state index in [9.17, 15) is 32.7 Å². The zero-order chi connectivity index (χ0) is 31.2. The van der Waals surface area contributed by atoms with Gasteiger partial charge in [-0.1, -0.05) is 37.3 Å². The highest BCUT2D eigenvalue weighted by Crippen LogP contribution is 2.54. The number of rotatable bonds is 10. The number of fused-ring (bicyclic) bond motifs is 1. The van der Waals surface area contributed by atoms with Gasteiger partial charge < -0.3 is 20.5 Å². The van der Waals surface area contributed by atoms with Crippen LogP contribution in [0.15, 0.2) is 48.7 Å². The van der Waals surface area contributed by atoms with Crippen LogP contribution in [0, 0.1) is 29.1 Å². The Labute approximate surface area is 251 Å². The second kappa shape index (κ2) is 11.4. The predicted octanol–water partition coefficient (Wildman–Crippen LogP) is 5.01. The molecule has 1 saturated heterocycles. The molecular formula is C31H34F3N5O5. The number of carbonyl (C=O) groups excluding carboxylic acids is 2. The number of hydrogen-bond acceptors (Lipinski definition) is 6. The summed E-state index contributed by atoms with van der Waals surface area (Å²) in [7, 11) is 0. The van der Waals surface area contributed by atoms with Crippen molar-refractivity contribution < 1.29 is 37.4 Å². The molecule has 1 aromatic carbocycles. The van der Waals surface area contributed by atoms with Crippen LogP contribution in [0.4, 0.5) is 18.0 Å². The fraction of sp³-hybridized carbons (Fsp3) is 0.516. The maximum atomic E-state index is 13.6. The van der Waals surface area contributed by atoms with E-state index in [1.807, 2.05) is 30.3 Å². The fourth-order valence-electron chi connectivity index (χ4n) is 6.60. The van der Waals surface area contributed by atoms with Crippen LogP contribution in [-0.4, -0.2) is 50.4 Å². The van der Waals surface area contributed by atoms with Crippen LogP contribution in [-0.2, 0) is 20.9 Å². The van der Waals surface area contributed by atoms with Gasteiger partial charge in [-0.2, -0.15) is 18.3 Å². The van der Waals surface area contributed by atoms with Gasteiger partial charge in [0.1, 0.15) is 6.61 Å². The van der Waals surface area contributed by atoms with Crippen molar-refractivity contribution in [2.45, 2.75) is 63.8 Å². The highest BCUT2D eigenvalue weighted by atomic mass is 19.4. The summed E-state index contributed by atoms with van der Waals surface area (Å²) >= 11 is 0. The first-order valence-electron chi connectivity index (χ1n) is 14.9. The number of nitrogens with zero attached hydrogens (tertiary/aromatic N) is 3. The summed E-state index contributed by atoms with van der Waals surface area (Å²) in [4.78, 5) is 43.1. The number of piperidine rings is 1. The molecule has 2 unspecified atom stereocenters. The normalized spacial score (nSPS) is 23.7. The Balaban J connectivity index is 1.29. The third-order valence-corrected chi connectivity index (χ3v) is 9.39. The number of amides is 2. The van der Waals surface area contributed by atoms with Gasteiger partial charge in [0.25, 0.3) is 0 Å². The second-order valence-electron chi connectivity index (χ2n) is 12.3. The number of carboxylic acid groups (broad SMARTS) is 1. The largest absolute Gasteiger partial charge is 0.480 e. The monoisotopic (exact) mass is 613 g/mol. The molecule has 3 aromatic rings. The number of aliphatic carboxylic acids is 1. The summed E-state index contributed by atoms with van der Waals surface area (Å²) in [5.41, 5.74) is -0.404. The Morgan fingerprint density at radius 1 is 1.11 bits per heavy atom. The van der Waals surface area contributed by atoms with E-state index in [2.05, 4.69) is 15.7 Å². The van der Waals surface area contributed by atoms with Crippen molar-refractivity contribution in [1.29, 1.82) is 0 Å². The average Bonchev–Trinajstić information content (AvgIpc) is 3.94. The highest BCUT2D eigenvalue weighted by Gasteiger charge is 2.59. The first kappa shape index (κ1) is 29.9. The topological polar surface area (TPSA) is 135 Å². The van der Waals surface area contributed by atoms with Crippen LogP contribution < -0.4 is 10.6 Å². The minimum Gasteiger partial charge on any atom is -0.480 e. The molecule has 6 rings (SSSR count). The number of nitrogens with one attached hydrogen (secondary N) is 2. The zero-order valence-electron chi connectivity index (χ0n) is 24.1. The van der Waals surface area contributed by atoms with Gasteiger partial charge in [-0.25, -0.2) is 14.3 Å². The molecule has 0 bridgehead atoms. The first-order chi connectivity index (χ1) is 21.0. The zero-order valence-corrected chi connectivity index (χ0v) is 24.1. The molecule has 3 heterocycles. The number of ether oxygens (including phenoxy) is 1. The molecule has 0 radical (unpaired) electrons. The first-order valence-corrected chi connectivity index (χ1v) is 14.9. The lowest BCUT2D eigenvalue weighted by atomic mass is 9.66. The van der Waals surface area contributed by atoms with Crippen LogP contribution in [0.2, 0.25) is 0 Å². The highest BCUT2D eigenvalue weighted by molar-refractivity contribution is 6.03. The number of aromatic nitrogens is 3. The number of benzene rings is 1. The van der Waals surface area contributed by atoms with Crippen molar-refractivity contribution in [3.8, 4) is 0 Å². The van der Waals surface area contributed by atoms with E-state index in [-0.39, 0.29) is 18.2 Å². The second-order valence-corrected chi connectivity index (χ2v) is 12.3. The molecule has 234 valence electrons. The Morgan fingerprint density at radius 3 is 2.41 bits per heavy atom. The molecule has 4 atom stereocenters. The number of carboxylic acids is 1. The van der Waals surface area contributed by atoms with E-state index < -0.39 is 60.4 Å². The smallest absolute Gasteiger partial charge is 0.408 e. The molecule has 10 nitrogen and oxygen atoms in total. The molecule has 13 heteroatoms. The molecule has 3 N–H and O–H groups in total. The van der Waals surface area contributed by atoms with Gasteiger partial charge in [-0.15, -0.1) is 0 Å². The summed E-state index contributed by atoms with van der Waals surface area (Å²) in [5, 5.41) is 19.8. The number of alkyl halides is 3. The Bertz CT molecular complexity index is 1540. The standard InChI is InChI=1S/C31H34F3N5O5/c1-17(30(28(41)42)13-21(31(32,33)34)14-35-27(30)40)22-11-12-24-36-23(15-39(24)38-22)26(25(19-7-8-19)20-9-10-20)37-29(43)44-16-18-5-3-2-4-6-18/h2-6,11-12,15,17,19-21,25-26H,7-10,13-14,16H2,1H3,(H,35,40)(H,37,43)(H,41,42)/t17?,21-,26-,30?/m1/s1. The Hall–Kier alpha value is -4.16. The molecule has 2 aromatic heterocycles. The maximum Gasteiger partial charge on any atom is 0.408 e. The van der Waals surface area contributed by atoms with Crippen molar-refractivity contribution >= 4 is 23.6 Å². The van der Waals surface area contributed by atoms with Crippen molar-refractivity contribution in [2.24, 2.45) is 29.1 Å². The van der Waals surface area contributed by atoms with E-state index >= 15 is 0 Å². The molecule has 0 spiro atoms. The number of alkyl carbamates (subject to hydrolysis) is 1. The minimum atomic E-state index is -4.67. The van der Waals surface area contributed by atoms with Gasteiger partial charge in [0.05, 0.1) is 29.5 Å². The van der Waals surface area contributed by atoms with E-state index in [0.29, 0.717) is 23.2 Å². The van der Waals surface area contributed by atoms with E-state index in [1.54, 1.807) is 12.3 Å². The summed E-state index contributed by atoms with van der Waals surface area (Å²) in [5.74, 6) is -4.76. The Kier molecular flexibility index (Phi) is 7.75. The lowest BCUT2D eigenvalue weighted by molar-refractivity contribution is -0.195. The van der Waals surface area contributed by atoms with E-state index in [1.165, 1.54) is 17.5 Å². The third-order valence-electron chi connectivity index (χ3n) is 9.39. The van der Waals surface area contributed by atoms with Crippen molar-refractivity contribution in [1.82, 2.24) is 25.2 Å². The number of carbonyl (C=O) groups is 3. The quantitative estimate of drug-likeness (QED) is 0.274. The van der Waals surface area contributed by atoms with Crippen molar-refractivity contribution in [3.05, 3.63) is 65.6 Å². The number of imidazole rings is 1. The summed E-state index contributed by atoms with van der Waals surface area (Å²) in [6, 6.07) is 12.0. The van der Waals surface area contributed by atoms with Crippen molar-refractivity contribution in [2.75, 3.05) is 6.54 Å². The maximum absolute atomic E-state index is 13.6. The molecule has 1 aliphatic heterocycles. The molecule has 2 saturated carbocycles. The molecular weight excluding hydrogens is 579 g/mol. The average molecular weight is 614 g/mol. The van der Waals surface area contributed by atoms with Crippen LogP contribution in [0.1, 0.15) is 67.9 Å². The molecule has 44 heavy (non-hydrogen) atoms. The SMILES string of the molecule is CC(c1ccc2nc([C@@H](NC(=O)OCc3ccccc3)C(C3CC3)C3CC3)cn2n1)C1(C(=O)O)C[C@@H](C(F)(F)F)CNC1=O. The van der Waals surface area contributed by atoms with Crippen LogP contribution in [0.25, 0.3) is 5.65 Å². The minimum absolute atomic E-state index is 0.110. The molecule has 2 amide bonds. The Morgan fingerprint density at radius 2 is 1.80 bits per heavy atom. The molecule has 2 aliphatic carbocycles. The van der Waals surface area contributed by atoms with Crippen molar-refractivity contribution in [3.63, 3.8) is 0 Å². The van der Waals surface area contributed by atoms with Gasteiger partial charge in [0.15, 0.2) is 11.1 Å².